The molecule has 0 aliphatic carbocycles. The van der Waals surface area contributed by atoms with Crippen molar-refractivity contribution >= 4 is 128 Å². The zero-order valence-electron chi connectivity index (χ0n) is 89.0. The second-order valence-corrected chi connectivity index (χ2v) is 40.8. The van der Waals surface area contributed by atoms with Crippen molar-refractivity contribution in [3.8, 4) is 5.75 Å². The molecule has 9 amide bonds. The van der Waals surface area contributed by atoms with Crippen molar-refractivity contribution in [3.63, 3.8) is 0 Å². The quantitative estimate of drug-likeness (QED) is 0.0169. The fraction of sp³-hybridized carbons (Fsp3) is 0.604. The first-order chi connectivity index (χ1) is 70.1. The SMILES string of the molecule is CC(=O)N[C@@H](CC(C)C)C(=O)N[C@H](C(=O)N[C@@H](Cc1ccccc1)C(=O)N[C@]1(C)CCCCCC/C=C/CCC[C@@](C)(C(=O)CN[C@@H](C)C(=O)CCN[C@@H](C)C(=O)CCN[C@@H](C)C(=O)CCN[C@@H](C)C(=O)CNC(C)(C)C(=O)N[C@H](C)C(N)=O)NC(=O)[C@H](CC(C)C)NN[C@@H](CCC(N)=O)C(=O)CC(=O)[C@H](C)NCC(=O)[C@H](Cc2c[nH]c3ccccc23)NC(=O)[C@H](Cc2ccc(O)cc2)NN[C@@H](CCC(=O)O)C(=O)C1=O)[C@@H](C)O. The number of aromatic amines is 1. The predicted octanol–water partition coefficient (Wildman–Crippen LogP) is 1.46. The van der Waals surface area contributed by atoms with Crippen molar-refractivity contribution < 1.29 is 111 Å². The van der Waals surface area contributed by atoms with Gasteiger partial charge in [0.25, 0.3) is 0 Å². The van der Waals surface area contributed by atoms with Crippen molar-refractivity contribution in [2.75, 3.05) is 39.3 Å². The highest BCUT2D eigenvalue weighted by molar-refractivity contribution is 6.42. The summed E-state index contributed by atoms with van der Waals surface area (Å²) in [5.74, 6) is -15.2. The van der Waals surface area contributed by atoms with Crippen LogP contribution in [0.3, 0.4) is 0 Å². The maximum Gasteiger partial charge on any atom is 0.303 e. The molecule has 2 heterocycles. The molecule has 1 aromatic heterocycles. The normalized spacial score (nSPS) is 21.6. The molecule has 824 valence electrons. The molecule has 25 N–H and O–H groups in total. The number of H-pyrrole nitrogens is 1. The summed E-state index contributed by atoms with van der Waals surface area (Å²) in [6.45, 7) is 24.1. The number of primary amides is 2. The van der Waals surface area contributed by atoms with Gasteiger partial charge in [-0.25, -0.2) is 21.7 Å². The molecule has 0 saturated heterocycles. The number of nitrogens with two attached hydrogens (primary N) is 2. The predicted molar refractivity (Wildman–Crippen MR) is 559 cm³/mol. The number of aromatic hydroxyl groups is 1. The van der Waals surface area contributed by atoms with Gasteiger partial charge in [0.15, 0.2) is 46.3 Å². The van der Waals surface area contributed by atoms with Gasteiger partial charge in [-0.2, -0.15) is 0 Å². The van der Waals surface area contributed by atoms with Gasteiger partial charge in [0, 0.05) is 88.6 Å². The monoisotopic (exact) mass is 2080 g/mol. The summed E-state index contributed by atoms with van der Waals surface area (Å²) in [7, 11) is 0. The lowest BCUT2D eigenvalue weighted by Crippen LogP contribution is -2.64. The van der Waals surface area contributed by atoms with Gasteiger partial charge in [0.2, 0.25) is 64.7 Å². The second kappa shape index (κ2) is 63.6. The Labute approximate surface area is 872 Å². The first kappa shape index (κ1) is 127. The minimum Gasteiger partial charge on any atom is -0.508 e. The standard InChI is InChI=1S/C106H162N20O23/c1-61(2)51-80(117-70(12)128)98(144)120-94(69(11)127)102(148)119-81(53-71-31-25-24-26-32-71)100(146)122-106(16)47-30-23-21-19-17-18-20-22-29-46-105(15,91(137)60-113-65(7)86(132)45-49-110-63(5)84(130)43-48-109-64(6)85(131)44-50-111-67(9)89(135)59-115-104(13,14)103(149)116-68(10)97(108)143)121-101(147)82(52-62(3)4)125-123-77(39-41-92(107)138)88(134)56-87(133)66(8)112-58-90(136)79(55-73-57-114-76-34-28-27-33-75(73)76)118-99(145)83(54-72-35-37-74(129)38-36-72)126-124-78(40-42-93(139)140)95(141)96(106)142/h18,20,24-28,31-38,57,61-69,77-83,94,109-115,123-127,129H,17,19,21-23,29-30,39-56,58-60H2,1-16H3,(H2,107,138)(H2,108,143)(H,116,149)(H,117,128)(H,118,145)(H,119,148)(H,120,144)(H,121,147)(H,122,146)(H,139,140)/b20-18+/t63-,64-,65-,66-,67-,68+,69+,77-,78-,79-,80-,81-,82-,83-,94-,105-,106+/m0/s1. The van der Waals surface area contributed by atoms with E-state index in [4.69, 9.17) is 11.5 Å². The van der Waals surface area contributed by atoms with Crippen LogP contribution in [-0.4, -0.2) is 284 Å². The molecule has 4 aromatic rings. The summed E-state index contributed by atoms with van der Waals surface area (Å²) in [6.07, 6.45) is 3.19. The molecule has 17 atom stereocenters. The van der Waals surface area contributed by atoms with E-state index in [2.05, 4.69) is 95.8 Å². The number of hydrazine groups is 2. The van der Waals surface area contributed by atoms with E-state index in [0.29, 0.717) is 66.1 Å². The molecule has 1 aliphatic rings. The van der Waals surface area contributed by atoms with Gasteiger partial charge in [-0.3, -0.25) is 101 Å². The van der Waals surface area contributed by atoms with Gasteiger partial charge in [-0.1, -0.05) is 120 Å². The van der Waals surface area contributed by atoms with Gasteiger partial charge in [-0.05, 0) is 194 Å². The third-order valence-electron chi connectivity index (χ3n) is 26.4. The Hall–Kier alpha value is -12.3. The number of aliphatic hydroxyl groups is 1. The summed E-state index contributed by atoms with van der Waals surface area (Å²) in [4.78, 5) is 282. The maximum atomic E-state index is 15.7. The first-order valence-corrected chi connectivity index (χ1v) is 51.5. The van der Waals surface area contributed by atoms with Crippen molar-refractivity contribution in [3.05, 3.63) is 114 Å². The highest BCUT2D eigenvalue weighted by Crippen LogP contribution is 2.26. The summed E-state index contributed by atoms with van der Waals surface area (Å²) in [5, 5.41) is 69.2. The van der Waals surface area contributed by atoms with E-state index < -0.39 is 233 Å². The number of Topliss-reactive ketones (excluding diaryl/α,β-unsaturated/α-hetero) is 10. The van der Waals surface area contributed by atoms with Crippen LogP contribution in [-0.2, 0) is 115 Å². The average molecular weight is 2080 g/mol. The highest BCUT2D eigenvalue weighted by atomic mass is 16.4. The van der Waals surface area contributed by atoms with E-state index >= 15 is 24.0 Å². The lowest BCUT2D eigenvalue weighted by atomic mass is 9.84. The van der Waals surface area contributed by atoms with Crippen LogP contribution in [0.15, 0.2) is 97.2 Å². The van der Waals surface area contributed by atoms with Crippen LogP contribution >= 0.6 is 0 Å². The fourth-order valence-corrected chi connectivity index (χ4v) is 16.6. The Kier molecular flexibility index (Phi) is 54.3. The Morgan fingerprint density at radius 3 is 1.68 bits per heavy atom. The Morgan fingerprint density at radius 2 is 1.09 bits per heavy atom. The zero-order valence-corrected chi connectivity index (χ0v) is 89.0. The molecule has 0 radical (unpaired) electrons. The molecule has 0 fully saturated rings. The third-order valence-corrected chi connectivity index (χ3v) is 26.4. The number of aliphatic hydroxyl groups excluding tert-OH is 1. The molecule has 0 unspecified atom stereocenters. The molecule has 1 aliphatic heterocycles. The molecule has 149 heavy (non-hydrogen) atoms. The second-order valence-electron chi connectivity index (χ2n) is 40.8. The van der Waals surface area contributed by atoms with Crippen LogP contribution in [0.4, 0.5) is 0 Å². The third kappa shape index (κ3) is 45.2. The van der Waals surface area contributed by atoms with Crippen LogP contribution in [0.1, 0.15) is 249 Å². The van der Waals surface area contributed by atoms with Gasteiger partial charge in [0.1, 0.15) is 47.5 Å². The summed E-state index contributed by atoms with van der Waals surface area (Å²) >= 11 is 0. The number of hydrogen-bond acceptors (Lipinski definition) is 32. The zero-order chi connectivity index (χ0) is 111. The Morgan fingerprint density at radius 1 is 0.530 bits per heavy atom. The average Bonchev–Trinajstić information content (AvgIpc) is 1.49. The lowest BCUT2D eigenvalue weighted by molar-refractivity contribution is -0.144. The van der Waals surface area contributed by atoms with Crippen LogP contribution in [0.5, 0.6) is 5.75 Å². The largest absolute Gasteiger partial charge is 0.508 e. The number of phenols is 1. The number of phenolic OH excluding ortho intramolecular Hbond substituents is 1. The number of fused-ring (bicyclic) bond motifs is 1. The highest BCUT2D eigenvalue weighted by Gasteiger charge is 2.45. The molecule has 5 rings (SSSR count). The van der Waals surface area contributed by atoms with Crippen LogP contribution in [0.2, 0.25) is 0 Å². The number of nitrogens with one attached hydrogen (secondary N) is 18. The number of aliphatic carboxylic acids is 1. The Balaban J connectivity index is 1.46. The number of carbonyl (C=O) groups excluding carboxylic acids is 19. The number of benzene rings is 3. The van der Waals surface area contributed by atoms with Crippen LogP contribution in [0, 0.1) is 11.8 Å². The minimum absolute atomic E-state index is 0.0324. The van der Waals surface area contributed by atoms with Crippen molar-refractivity contribution in [1.82, 2.24) is 95.8 Å². The molecular weight excluding hydrogens is 1920 g/mol. The number of rotatable bonds is 50. The number of allylic oxidation sites excluding steroid dienone is 2. The van der Waals surface area contributed by atoms with Crippen LogP contribution in [0.25, 0.3) is 10.9 Å². The minimum atomic E-state index is -2.19. The van der Waals surface area contributed by atoms with Gasteiger partial charge >= 0.3 is 5.97 Å². The lowest BCUT2D eigenvalue weighted by Gasteiger charge is -2.33. The molecule has 43 nitrogen and oxygen atoms in total. The molecule has 43 heteroatoms. The van der Waals surface area contributed by atoms with Crippen molar-refractivity contribution in [1.29, 1.82) is 0 Å². The number of hydrogen-bond donors (Lipinski definition) is 23. The number of ketones is 10. The fourth-order valence-electron chi connectivity index (χ4n) is 16.6. The van der Waals surface area contributed by atoms with E-state index in [1.165, 1.54) is 58.9 Å². The number of amides is 9. The molecule has 0 saturated carbocycles. The van der Waals surface area contributed by atoms with Crippen LogP contribution < -0.4 is 102 Å². The van der Waals surface area contributed by atoms with E-state index in [1.807, 2.05) is 26.0 Å². The summed E-state index contributed by atoms with van der Waals surface area (Å²) in [5.41, 5.74) is 19.4. The van der Waals surface area contributed by atoms with Crippen molar-refractivity contribution in [2.24, 2.45) is 23.3 Å². The van der Waals surface area contributed by atoms with E-state index in [1.54, 1.807) is 123 Å². The van der Waals surface area contributed by atoms with Gasteiger partial charge in [0.05, 0.1) is 91.6 Å². The van der Waals surface area contributed by atoms with Crippen molar-refractivity contribution in [2.45, 2.75) is 359 Å². The molecular formula is C106H162N20O23. The van der Waals surface area contributed by atoms with E-state index in [0.717, 1.165) is 0 Å². The van der Waals surface area contributed by atoms with Gasteiger partial charge < -0.3 is 95.6 Å². The smallest absolute Gasteiger partial charge is 0.303 e. The first-order valence-electron chi connectivity index (χ1n) is 51.5. The molecule has 3 aromatic carbocycles. The maximum absolute atomic E-state index is 15.7. The number of para-hydroxylation sites is 1. The van der Waals surface area contributed by atoms with E-state index in [9.17, 15) is 87.2 Å². The number of carbonyl (C=O) groups is 20. The molecule has 0 spiro atoms. The number of carboxylic acids is 1. The summed E-state index contributed by atoms with van der Waals surface area (Å²) < 4.78 is 0. The number of aromatic nitrogens is 1. The van der Waals surface area contributed by atoms with Gasteiger partial charge in [-0.15, -0.1) is 0 Å². The molecule has 0 bridgehead atoms. The number of carboxylic acid groups (broad SMARTS) is 1. The summed E-state index contributed by atoms with van der Waals surface area (Å²) in [6, 6.07) is 4.21. The Bertz CT molecular complexity index is 5220. The van der Waals surface area contributed by atoms with E-state index in [-0.39, 0.29) is 150 Å². The topological polar surface area (TPSA) is 674 Å².